The SMILES string of the molecule is CCCCCCCCCCCCCCC(=O)O[C@H](COC(=O)CCCCCCCCC(C)CC)COP(=O)(O)OC[C@H](O)COP(=O)(O)OC[C@@H](COC(=O)CCCCCCCCCCCCC(C)C)OC(=O)CCCCCCCCCCCCC(C)CC. The molecule has 0 spiro atoms. The van der Waals surface area contributed by atoms with E-state index in [0.29, 0.717) is 25.7 Å². The first-order valence-electron chi connectivity index (χ1n) is 36.4. The van der Waals surface area contributed by atoms with Crippen molar-refractivity contribution in [2.45, 2.75) is 369 Å². The molecule has 528 valence electrons. The van der Waals surface area contributed by atoms with E-state index >= 15 is 0 Å². The molecule has 0 radical (unpaired) electrons. The van der Waals surface area contributed by atoms with Gasteiger partial charge in [-0.25, -0.2) is 9.13 Å². The molecule has 7 atom stereocenters. The number of aliphatic hydroxyl groups is 1. The van der Waals surface area contributed by atoms with Crippen molar-refractivity contribution in [3.05, 3.63) is 0 Å². The number of ether oxygens (including phenoxy) is 4. The molecule has 0 saturated carbocycles. The van der Waals surface area contributed by atoms with E-state index in [9.17, 15) is 43.2 Å². The van der Waals surface area contributed by atoms with Crippen LogP contribution in [0, 0.1) is 17.8 Å². The van der Waals surface area contributed by atoms with Crippen molar-refractivity contribution in [1.29, 1.82) is 0 Å². The van der Waals surface area contributed by atoms with Crippen molar-refractivity contribution in [2.24, 2.45) is 17.8 Å². The fourth-order valence-corrected chi connectivity index (χ4v) is 12.1. The Morgan fingerprint density at radius 1 is 0.326 bits per heavy atom. The van der Waals surface area contributed by atoms with Crippen LogP contribution in [0.1, 0.15) is 350 Å². The highest BCUT2D eigenvalue weighted by molar-refractivity contribution is 7.47. The first-order chi connectivity index (χ1) is 42.8. The third kappa shape index (κ3) is 62.0. The zero-order valence-corrected chi connectivity index (χ0v) is 59.7. The highest BCUT2D eigenvalue weighted by Crippen LogP contribution is 2.45. The Labute approximate surface area is 543 Å². The molecule has 17 nitrogen and oxygen atoms in total. The van der Waals surface area contributed by atoms with Gasteiger partial charge in [-0.15, -0.1) is 0 Å². The Kier molecular flexibility index (Phi) is 59.6. The summed E-state index contributed by atoms with van der Waals surface area (Å²) >= 11 is 0. The summed E-state index contributed by atoms with van der Waals surface area (Å²) < 4.78 is 68.3. The van der Waals surface area contributed by atoms with Gasteiger partial charge in [0.25, 0.3) is 0 Å². The number of unbranched alkanes of at least 4 members (excludes halogenated alkanes) is 34. The number of carbonyl (C=O) groups is 4. The number of aliphatic hydroxyl groups excluding tert-OH is 1. The average molecular weight is 1310 g/mol. The van der Waals surface area contributed by atoms with Gasteiger partial charge in [-0.05, 0) is 43.4 Å². The second kappa shape index (κ2) is 61.0. The maximum absolute atomic E-state index is 13.0. The standard InChI is InChI=1S/C70H136O17P2/c1-8-11-12-13-14-15-16-17-25-30-39-46-53-69(74)87-66(58-81-68(73)52-45-38-33-32-36-43-50-63(7)10-3)60-85-89(78,79)83-56-64(71)55-82-88(76,77)84-59-65(57-80-67(72)51-44-37-29-24-20-18-22-27-34-41-48-61(4)5)86-70(75)54-47-40-31-26-21-19-23-28-35-42-49-62(6)9-2/h61-66,71H,8-60H2,1-7H3,(H,76,77)(H,78,79)/t62?,63?,64-,65-,66-/m1/s1. The van der Waals surface area contributed by atoms with Crippen LogP contribution in [-0.2, 0) is 65.4 Å². The lowest BCUT2D eigenvalue weighted by molar-refractivity contribution is -0.161. The van der Waals surface area contributed by atoms with Crippen molar-refractivity contribution >= 4 is 39.5 Å². The van der Waals surface area contributed by atoms with Crippen molar-refractivity contribution < 1.29 is 80.2 Å². The Bertz CT molecular complexity index is 1750. The van der Waals surface area contributed by atoms with E-state index in [4.69, 9.17) is 37.0 Å². The summed E-state index contributed by atoms with van der Waals surface area (Å²) in [4.78, 5) is 72.5. The van der Waals surface area contributed by atoms with Gasteiger partial charge in [0, 0.05) is 25.7 Å². The lowest BCUT2D eigenvalue weighted by Gasteiger charge is -2.21. The molecule has 19 heteroatoms. The minimum atomic E-state index is -4.95. The van der Waals surface area contributed by atoms with Crippen LogP contribution >= 0.6 is 15.6 Å². The molecule has 0 amide bonds. The van der Waals surface area contributed by atoms with Crippen LogP contribution in [0.25, 0.3) is 0 Å². The summed E-state index contributed by atoms with van der Waals surface area (Å²) in [5, 5.41) is 10.6. The van der Waals surface area contributed by atoms with Crippen LogP contribution in [0.3, 0.4) is 0 Å². The molecule has 0 aromatic rings. The molecule has 0 aliphatic heterocycles. The Morgan fingerprint density at radius 2 is 0.573 bits per heavy atom. The van der Waals surface area contributed by atoms with E-state index in [1.165, 1.54) is 154 Å². The molecule has 0 aromatic heterocycles. The van der Waals surface area contributed by atoms with Gasteiger partial charge in [-0.3, -0.25) is 37.3 Å². The van der Waals surface area contributed by atoms with Gasteiger partial charge in [0.15, 0.2) is 12.2 Å². The molecular formula is C70H136O17P2. The third-order valence-electron chi connectivity index (χ3n) is 16.9. The van der Waals surface area contributed by atoms with Crippen molar-refractivity contribution in [3.8, 4) is 0 Å². The van der Waals surface area contributed by atoms with Crippen molar-refractivity contribution in [1.82, 2.24) is 0 Å². The van der Waals surface area contributed by atoms with Crippen LogP contribution in [0.2, 0.25) is 0 Å². The fourth-order valence-electron chi connectivity index (χ4n) is 10.5. The van der Waals surface area contributed by atoms with Gasteiger partial charge in [0.1, 0.15) is 19.3 Å². The molecule has 0 heterocycles. The predicted molar refractivity (Wildman–Crippen MR) is 358 cm³/mol. The minimum Gasteiger partial charge on any atom is -0.462 e. The molecule has 0 saturated heterocycles. The maximum Gasteiger partial charge on any atom is 0.472 e. The summed E-state index contributed by atoms with van der Waals surface area (Å²) in [7, 11) is -9.90. The van der Waals surface area contributed by atoms with E-state index in [0.717, 1.165) is 114 Å². The molecule has 0 aromatic carbocycles. The Morgan fingerprint density at radius 3 is 0.854 bits per heavy atom. The molecule has 0 rings (SSSR count). The zero-order chi connectivity index (χ0) is 65.9. The first-order valence-corrected chi connectivity index (χ1v) is 39.4. The second-order valence-corrected chi connectivity index (χ2v) is 29.1. The fraction of sp³-hybridized carbons (Fsp3) is 0.943. The van der Waals surface area contributed by atoms with E-state index < -0.39 is 97.5 Å². The highest BCUT2D eigenvalue weighted by atomic mass is 31.2. The van der Waals surface area contributed by atoms with Gasteiger partial charge < -0.3 is 33.8 Å². The van der Waals surface area contributed by atoms with Gasteiger partial charge in [-0.2, -0.15) is 0 Å². The molecule has 0 aliphatic rings. The van der Waals surface area contributed by atoms with Crippen LogP contribution in [0.15, 0.2) is 0 Å². The molecule has 4 unspecified atom stereocenters. The Hall–Kier alpha value is -1.94. The van der Waals surface area contributed by atoms with Gasteiger partial charge in [0.05, 0.1) is 26.4 Å². The van der Waals surface area contributed by atoms with E-state index in [1.54, 1.807) is 0 Å². The van der Waals surface area contributed by atoms with Gasteiger partial charge in [-0.1, -0.05) is 299 Å². The van der Waals surface area contributed by atoms with Crippen molar-refractivity contribution in [2.75, 3.05) is 39.6 Å². The summed E-state index contributed by atoms with van der Waals surface area (Å²) in [5.74, 6) is 0.166. The quantitative estimate of drug-likeness (QED) is 0.0222. The lowest BCUT2D eigenvalue weighted by Crippen LogP contribution is -2.30. The smallest absolute Gasteiger partial charge is 0.462 e. The molecule has 0 aliphatic carbocycles. The normalized spacial score (nSPS) is 14.8. The maximum atomic E-state index is 13.0. The molecular weight excluding hydrogens is 1170 g/mol. The third-order valence-corrected chi connectivity index (χ3v) is 18.8. The lowest BCUT2D eigenvalue weighted by atomic mass is 9.99. The van der Waals surface area contributed by atoms with Crippen LogP contribution in [0.5, 0.6) is 0 Å². The van der Waals surface area contributed by atoms with E-state index in [2.05, 4.69) is 48.5 Å². The van der Waals surface area contributed by atoms with Crippen LogP contribution in [-0.4, -0.2) is 96.7 Å². The number of phosphoric acid groups is 2. The highest BCUT2D eigenvalue weighted by Gasteiger charge is 2.30. The largest absolute Gasteiger partial charge is 0.472 e. The van der Waals surface area contributed by atoms with Crippen molar-refractivity contribution in [3.63, 3.8) is 0 Å². The summed E-state index contributed by atoms with van der Waals surface area (Å²) in [6, 6.07) is 0. The molecule has 0 bridgehead atoms. The predicted octanol–water partition coefficient (Wildman–Crippen LogP) is 19.8. The number of hydrogen-bond donors (Lipinski definition) is 3. The average Bonchev–Trinajstić information content (AvgIpc) is 3.65. The molecule has 89 heavy (non-hydrogen) atoms. The van der Waals surface area contributed by atoms with Crippen LogP contribution < -0.4 is 0 Å². The summed E-state index contributed by atoms with van der Waals surface area (Å²) in [6.07, 6.45) is 44.3. The van der Waals surface area contributed by atoms with E-state index in [-0.39, 0.29) is 25.7 Å². The topological polar surface area (TPSA) is 237 Å². The number of phosphoric ester groups is 2. The number of carbonyl (C=O) groups excluding carboxylic acids is 4. The number of hydrogen-bond acceptors (Lipinski definition) is 15. The van der Waals surface area contributed by atoms with Crippen LogP contribution in [0.4, 0.5) is 0 Å². The number of esters is 4. The van der Waals surface area contributed by atoms with Gasteiger partial charge >= 0.3 is 39.5 Å². The zero-order valence-electron chi connectivity index (χ0n) is 57.9. The second-order valence-electron chi connectivity index (χ2n) is 26.2. The first kappa shape index (κ1) is 87.1. The molecule has 0 fully saturated rings. The summed E-state index contributed by atoms with van der Waals surface area (Å²) in [6.45, 7) is 11.8. The molecule has 3 N–H and O–H groups in total. The van der Waals surface area contributed by atoms with E-state index in [1.807, 2.05) is 0 Å². The monoisotopic (exact) mass is 1310 g/mol. The summed E-state index contributed by atoms with van der Waals surface area (Å²) in [5.41, 5.74) is 0. The Balaban J connectivity index is 5.27. The van der Waals surface area contributed by atoms with Gasteiger partial charge in [0.2, 0.25) is 0 Å². The number of rotatable bonds is 68. The minimum absolute atomic E-state index is 0.106.